The van der Waals surface area contributed by atoms with Gasteiger partial charge >= 0.3 is 0 Å². The number of anilines is 1. The highest BCUT2D eigenvalue weighted by Gasteiger charge is 2.18. The smallest absolute Gasteiger partial charge is 0.293 e. The molecule has 170 valence electrons. The van der Waals surface area contributed by atoms with Crippen LogP contribution in [0.4, 0.5) is 14.5 Å². The van der Waals surface area contributed by atoms with Crippen molar-refractivity contribution in [2.45, 2.75) is 42.6 Å². The van der Waals surface area contributed by atoms with E-state index in [4.69, 9.17) is 4.74 Å². The van der Waals surface area contributed by atoms with Crippen LogP contribution in [0.15, 0.2) is 52.3 Å². The molecular weight excluding hydrogens is 422 g/mol. The summed E-state index contributed by atoms with van der Waals surface area (Å²) in [7, 11) is 1.63. The van der Waals surface area contributed by atoms with Crippen LogP contribution in [-0.4, -0.2) is 45.4 Å². The van der Waals surface area contributed by atoms with Crippen LogP contribution in [-0.2, 0) is 9.53 Å². The molecule has 0 saturated carbocycles. The number of nitrogens with zero attached hydrogens (tertiary/aromatic N) is 1. The fourth-order valence-corrected chi connectivity index (χ4v) is 3.78. The molecule has 5 nitrogen and oxygen atoms in total. The van der Waals surface area contributed by atoms with Crippen LogP contribution < -0.4 is 15.0 Å². The summed E-state index contributed by atoms with van der Waals surface area (Å²) < 4.78 is 35.9. The molecule has 0 aliphatic carbocycles. The van der Waals surface area contributed by atoms with E-state index >= 15 is 0 Å². The molecule has 1 fully saturated rings. The molecule has 1 heterocycles. The summed E-state index contributed by atoms with van der Waals surface area (Å²) in [6, 6.07) is 12.7. The fourth-order valence-electron chi connectivity index (χ4n) is 2.82. The third-order valence-electron chi connectivity index (χ3n) is 4.38. The molecule has 0 aromatic heterocycles. The zero-order chi connectivity index (χ0) is 22.9. The molecule has 0 bridgehead atoms. The molecule has 1 saturated heterocycles. The number of nitrogens with one attached hydrogen (secondary N) is 1. The number of methoxy groups -OCH3 is 1. The lowest BCUT2D eigenvalue weighted by Crippen LogP contribution is -2.43. The van der Waals surface area contributed by atoms with Gasteiger partial charge in [-0.1, -0.05) is 17.8 Å². The van der Waals surface area contributed by atoms with Gasteiger partial charge in [0, 0.05) is 41.5 Å². The predicted molar refractivity (Wildman–Crippen MR) is 121 cm³/mol. The molecular formula is C23H30F2N2O3S. The Balaban J connectivity index is 0.000000423. The van der Waals surface area contributed by atoms with Gasteiger partial charge in [0.25, 0.3) is 12.9 Å². The molecule has 3 rings (SSSR count). The maximum atomic E-state index is 13.1. The van der Waals surface area contributed by atoms with Crippen LogP contribution in [0.2, 0.25) is 0 Å². The number of hydrogen-bond acceptors (Lipinski definition) is 6. The summed E-state index contributed by atoms with van der Waals surface area (Å²) in [5.41, 5.74) is 0.639. The minimum absolute atomic E-state index is 0.0719. The number of ether oxygens (including phenoxy) is 2. The Hall–Kier alpha value is -2.32. The molecule has 1 aliphatic rings. The van der Waals surface area contributed by atoms with Crippen molar-refractivity contribution in [3.8, 4) is 5.75 Å². The zero-order valence-corrected chi connectivity index (χ0v) is 19.2. The Kier molecular flexibility index (Phi) is 9.58. The molecule has 2 aromatic rings. The zero-order valence-electron chi connectivity index (χ0n) is 18.4. The summed E-state index contributed by atoms with van der Waals surface area (Å²) in [5.74, 6) is 0.801. The lowest BCUT2D eigenvalue weighted by molar-refractivity contribution is -0.138. The summed E-state index contributed by atoms with van der Waals surface area (Å²) in [6.07, 6.45) is -2.45. The monoisotopic (exact) mass is 452 g/mol. The molecule has 0 unspecified atom stereocenters. The summed E-state index contributed by atoms with van der Waals surface area (Å²) in [6.45, 7) is 9.30. The number of rotatable bonds is 6. The van der Waals surface area contributed by atoms with Crippen molar-refractivity contribution in [2.24, 2.45) is 0 Å². The Morgan fingerprint density at radius 3 is 2.23 bits per heavy atom. The van der Waals surface area contributed by atoms with E-state index in [1.165, 1.54) is 6.07 Å². The van der Waals surface area contributed by atoms with Crippen LogP contribution in [0.25, 0.3) is 0 Å². The first-order valence-corrected chi connectivity index (χ1v) is 10.9. The SMILES string of the molecule is CC(C)(C)OC=O.COc1ccc(Sc2ccc(C(F)F)cc2N2CCNCC2)cc1. The summed E-state index contributed by atoms with van der Waals surface area (Å²) >= 11 is 1.58. The van der Waals surface area contributed by atoms with E-state index in [1.807, 2.05) is 45.0 Å². The number of carbonyl (C=O) groups excluding carboxylic acids is 1. The first-order valence-electron chi connectivity index (χ1n) is 10.0. The quantitative estimate of drug-likeness (QED) is 0.612. The highest BCUT2D eigenvalue weighted by Crippen LogP contribution is 2.38. The first kappa shape index (κ1) is 24.9. The van der Waals surface area contributed by atoms with E-state index in [9.17, 15) is 13.6 Å². The third-order valence-corrected chi connectivity index (χ3v) is 5.45. The topological polar surface area (TPSA) is 50.8 Å². The van der Waals surface area contributed by atoms with Crippen molar-refractivity contribution in [2.75, 3.05) is 38.2 Å². The normalized spacial score (nSPS) is 14.0. The van der Waals surface area contributed by atoms with E-state index in [0.29, 0.717) is 6.47 Å². The molecule has 1 N–H and O–H groups in total. The lowest BCUT2D eigenvalue weighted by atomic mass is 10.2. The predicted octanol–water partition coefficient (Wildman–Crippen LogP) is 5.15. The van der Waals surface area contributed by atoms with Gasteiger partial charge < -0.3 is 19.7 Å². The number of piperazine rings is 1. The Morgan fingerprint density at radius 2 is 1.74 bits per heavy atom. The Labute approximate surface area is 187 Å². The number of carbonyl (C=O) groups is 1. The second kappa shape index (κ2) is 11.9. The Morgan fingerprint density at radius 1 is 1.10 bits per heavy atom. The van der Waals surface area contributed by atoms with Crippen molar-refractivity contribution < 1.29 is 23.0 Å². The van der Waals surface area contributed by atoms with Crippen LogP contribution >= 0.6 is 11.8 Å². The molecule has 0 spiro atoms. The molecule has 0 amide bonds. The van der Waals surface area contributed by atoms with Crippen LogP contribution in [0.5, 0.6) is 5.75 Å². The Bertz CT molecular complexity index is 821. The van der Waals surface area contributed by atoms with Gasteiger partial charge in [-0.05, 0) is 57.2 Å². The van der Waals surface area contributed by atoms with Gasteiger partial charge in [-0.25, -0.2) is 8.78 Å². The molecule has 8 heteroatoms. The average molecular weight is 453 g/mol. The standard InChI is InChI=1S/C18H20F2N2OS.C5H10O2/c1-23-14-3-5-15(6-4-14)24-17-7-2-13(18(19)20)12-16(17)22-10-8-21-9-11-22;1-5(2,3)7-4-6/h2-7,12,18,21H,8-11H2,1H3;4H,1-3H3. The second-order valence-electron chi connectivity index (χ2n) is 7.87. The molecule has 31 heavy (non-hydrogen) atoms. The summed E-state index contributed by atoms with van der Waals surface area (Å²) in [4.78, 5) is 13.8. The molecule has 1 aliphatic heterocycles. The van der Waals surface area contributed by atoms with Crippen molar-refractivity contribution in [1.29, 1.82) is 0 Å². The van der Waals surface area contributed by atoms with E-state index < -0.39 is 6.43 Å². The van der Waals surface area contributed by atoms with Gasteiger partial charge in [-0.15, -0.1) is 0 Å². The number of halogens is 2. The third kappa shape index (κ3) is 8.38. The molecule has 0 atom stereocenters. The minimum atomic E-state index is -2.45. The van der Waals surface area contributed by atoms with E-state index in [-0.39, 0.29) is 11.2 Å². The lowest BCUT2D eigenvalue weighted by Gasteiger charge is -2.31. The molecule has 0 radical (unpaired) electrons. The summed E-state index contributed by atoms with van der Waals surface area (Å²) in [5, 5.41) is 3.29. The van der Waals surface area contributed by atoms with Gasteiger partial charge in [-0.2, -0.15) is 0 Å². The van der Waals surface area contributed by atoms with Gasteiger partial charge in [0.05, 0.1) is 12.8 Å². The van der Waals surface area contributed by atoms with E-state index in [1.54, 1.807) is 31.0 Å². The van der Waals surface area contributed by atoms with Crippen molar-refractivity contribution >= 4 is 23.9 Å². The number of benzene rings is 2. The van der Waals surface area contributed by atoms with E-state index in [2.05, 4.69) is 15.0 Å². The highest BCUT2D eigenvalue weighted by atomic mass is 32.2. The molecule has 2 aromatic carbocycles. The average Bonchev–Trinajstić information content (AvgIpc) is 2.74. The largest absolute Gasteiger partial charge is 0.497 e. The van der Waals surface area contributed by atoms with Crippen molar-refractivity contribution in [1.82, 2.24) is 5.32 Å². The van der Waals surface area contributed by atoms with Crippen LogP contribution in [0.1, 0.15) is 32.8 Å². The van der Waals surface area contributed by atoms with E-state index in [0.717, 1.165) is 47.4 Å². The van der Waals surface area contributed by atoms with Gasteiger partial charge in [0.15, 0.2) is 0 Å². The van der Waals surface area contributed by atoms with Crippen molar-refractivity contribution in [3.63, 3.8) is 0 Å². The first-order chi connectivity index (χ1) is 14.7. The maximum Gasteiger partial charge on any atom is 0.293 e. The van der Waals surface area contributed by atoms with Gasteiger partial charge in [0.2, 0.25) is 0 Å². The van der Waals surface area contributed by atoms with Crippen molar-refractivity contribution in [3.05, 3.63) is 48.0 Å². The van der Waals surface area contributed by atoms with Crippen LogP contribution in [0.3, 0.4) is 0 Å². The van der Waals surface area contributed by atoms with Crippen LogP contribution in [0, 0.1) is 0 Å². The fraction of sp³-hybridized carbons (Fsp3) is 0.435. The van der Waals surface area contributed by atoms with Gasteiger partial charge in [-0.3, -0.25) is 4.79 Å². The number of hydrogen-bond donors (Lipinski definition) is 1. The highest BCUT2D eigenvalue weighted by molar-refractivity contribution is 7.99. The minimum Gasteiger partial charge on any atom is -0.497 e. The van der Waals surface area contributed by atoms with Gasteiger partial charge in [0.1, 0.15) is 11.4 Å². The second-order valence-corrected chi connectivity index (χ2v) is 8.98. The maximum absolute atomic E-state index is 13.1. The number of alkyl halides is 2.